The number of rotatable bonds is 5. The molecule has 1 atom stereocenters. The van der Waals surface area contributed by atoms with Crippen molar-refractivity contribution >= 4 is 23.2 Å². The first-order valence-corrected chi connectivity index (χ1v) is 8.57. The minimum atomic E-state index is -0.797. The third kappa shape index (κ3) is 3.89. The first kappa shape index (κ1) is 16.8. The highest BCUT2D eigenvalue weighted by Gasteiger charge is 2.19. The Bertz CT molecular complexity index is 700. The Morgan fingerprint density at radius 3 is 2.58 bits per heavy atom. The lowest BCUT2D eigenvalue weighted by atomic mass is 10.00. The van der Waals surface area contributed by atoms with Gasteiger partial charge in [0.1, 0.15) is 6.10 Å². The second kappa shape index (κ2) is 7.69. The number of anilines is 1. The average molecular weight is 345 g/mol. The van der Waals surface area contributed by atoms with Crippen LogP contribution in [-0.4, -0.2) is 35.5 Å². The maximum absolute atomic E-state index is 12.2. The van der Waals surface area contributed by atoms with E-state index in [1.807, 2.05) is 35.2 Å². The van der Waals surface area contributed by atoms with E-state index in [4.69, 9.17) is 11.6 Å². The number of aliphatic hydroxyl groups is 1. The second-order valence-electron chi connectivity index (χ2n) is 5.99. The zero-order valence-electron chi connectivity index (χ0n) is 13.4. The summed E-state index contributed by atoms with van der Waals surface area (Å²) in [4.78, 5) is 14.1. The number of likely N-dealkylation sites (tertiary alicyclic amines) is 1. The van der Waals surface area contributed by atoms with Crippen LogP contribution in [0.3, 0.4) is 0 Å². The molecule has 2 aromatic rings. The van der Waals surface area contributed by atoms with Crippen molar-refractivity contribution in [1.82, 2.24) is 4.90 Å². The van der Waals surface area contributed by atoms with Gasteiger partial charge in [0, 0.05) is 29.4 Å². The predicted octanol–water partition coefficient (Wildman–Crippen LogP) is 3.46. The Balaban J connectivity index is 1.76. The highest BCUT2D eigenvalue weighted by Crippen LogP contribution is 2.30. The number of hydrogen-bond donors (Lipinski definition) is 2. The molecule has 2 aromatic carbocycles. The van der Waals surface area contributed by atoms with Crippen molar-refractivity contribution < 1.29 is 9.90 Å². The van der Waals surface area contributed by atoms with E-state index < -0.39 is 6.10 Å². The Hall–Kier alpha value is -2.04. The largest absolute Gasteiger partial charge is 0.384 e. The van der Waals surface area contributed by atoms with Crippen LogP contribution in [0.4, 0.5) is 5.69 Å². The number of amides is 1. The number of nitrogens with one attached hydrogen (secondary N) is 1. The average Bonchev–Trinajstić information content (AvgIpc) is 3.15. The van der Waals surface area contributed by atoms with E-state index in [1.165, 1.54) is 0 Å². The van der Waals surface area contributed by atoms with Crippen molar-refractivity contribution in [3.8, 4) is 0 Å². The van der Waals surface area contributed by atoms with Crippen LogP contribution in [0.5, 0.6) is 0 Å². The normalized spacial score (nSPS) is 15.3. The van der Waals surface area contributed by atoms with Crippen LogP contribution in [0, 0.1) is 0 Å². The van der Waals surface area contributed by atoms with Crippen LogP contribution in [-0.2, 0) is 4.79 Å². The molecule has 1 heterocycles. The number of hydrogen-bond acceptors (Lipinski definition) is 3. The molecule has 0 saturated carbocycles. The Labute approximate surface area is 147 Å². The SMILES string of the molecule is O=C(CNc1ccc(Cl)cc1[C@H](O)c1ccccc1)N1CCCC1. The molecule has 0 radical (unpaired) electrons. The summed E-state index contributed by atoms with van der Waals surface area (Å²) in [5.74, 6) is 0.0857. The number of benzene rings is 2. The summed E-state index contributed by atoms with van der Waals surface area (Å²) in [5.41, 5.74) is 2.18. The third-order valence-electron chi connectivity index (χ3n) is 4.31. The quantitative estimate of drug-likeness (QED) is 0.873. The molecule has 0 bridgehead atoms. The van der Waals surface area contributed by atoms with E-state index in [0.717, 1.165) is 37.2 Å². The second-order valence-corrected chi connectivity index (χ2v) is 6.42. The molecule has 0 aromatic heterocycles. The van der Waals surface area contributed by atoms with Gasteiger partial charge in [-0.05, 0) is 36.6 Å². The van der Waals surface area contributed by atoms with E-state index in [1.54, 1.807) is 18.2 Å². The van der Waals surface area contributed by atoms with Gasteiger partial charge in [-0.25, -0.2) is 0 Å². The summed E-state index contributed by atoms with van der Waals surface area (Å²) in [6, 6.07) is 14.7. The molecule has 0 aliphatic carbocycles. The number of carbonyl (C=O) groups is 1. The Morgan fingerprint density at radius 2 is 1.88 bits per heavy atom. The summed E-state index contributed by atoms with van der Waals surface area (Å²) >= 11 is 6.10. The number of nitrogens with zero attached hydrogens (tertiary/aromatic N) is 1. The molecule has 24 heavy (non-hydrogen) atoms. The summed E-state index contributed by atoms with van der Waals surface area (Å²) in [5, 5.41) is 14.4. The van der Waals surface area contributed by atoms with Gasteiger partial charge in [0.25, 0.3) is 0 Å². The number of carbonyl (C=O) groups excluding carboxylic acids is 1. The van der Waals surface area contributed by atoms with E-state index in [9.17, 15) is 9.90 Å². The van der Waals surface area contributed by atoms with Crippen molar-refractivity contribution in [2.24, 2.45) is 0 Å². The molecule has 1 aliphatic rings. The van der Waals surface area contributed by atoms with Crippen molar-refractivity contribution in [1.29, 1.82) is 0 Å². The molecule has 1 saturated heterocycles. The lowest BCUT2D eigenvalue weighted by molar-refractivity contribution is -0.128. The minimum Gasteiger partial charge on any atom is -0.384 e. The van der Waals surface area contributed by atoms with E-state index in [2.05, 4.69) is 5.32 Å². The Kier molecular flexibility index (Phi) is 5.38. The fourth-order valence-electron chi connectivity index (χ4n) is 2.98. The zero-order valence-corrected chi connectivity index (χ0v) is 14.2. The summed E-state index contributed by atoms with van der Waals surface area (Å²) < 4.78 is 0. The molecule has 4 nitrogen and oxygen atoms in total. The zero-order chi connectivity index (χ0) is 16.9. The van der Waals surface area contributed by atoms with Crippen LogP contribution in [0.2, 0.25) is 5.02 Å². The topological polar surface area (TPSA) is 52.6 Å². The highest BCUT2D eigenvalue weighted by molar-refractivity contribution is 6.30. The predicted molar refractivity (Wildman–Crippen MR) is 96.3 cm³/mol. The van der Waals surface area contributed by atoms with Gasteiger partial charge in [0.2, 0.25) is 5.91 Å². The fraction of sp³-hybridized carbons (Fsp3) is 0.316. The van der Waals surface area contributed by atoms with Gasteiger partial charge in [-0.15, -0.1) is 0 Å². The third-order valence-corrected chi connectivity index (χ3v) is 4.55. The highest BCUT2D eigenvalue weighted by atomic mass is 35.5. The molecule has 2 N–H and O–H groups in total. The summed E-state index contributed by atoms with van der Waals surface area (Å²) in [7, 11) is 0. The monoisotopic (exact) mass is 344 g/mol. The van der Waals surface area contributed by atoms with Crippen molar-refractivity contribution in [3.05, 3.63) is 64.7 Å². The molecular weight excluding hydrogens is 324 g/mol. The molecule has 0 unspecified atom stereocenters. The van der Waals surface area contributed by atoms with Gasteiger partial charge in [0.05, 0.1) is 6.54 Å². The number of aliphatic hydroxyl groups excluding tert-OH is 1. The standard InChI is InChI=1S/C19H21ClN2O2/c20-15-8-9-17(21-13-18(23)22-10-4-5-11-22)16(12-15)19(24)14-6-2-1-3-7-14/h1-3,6-9,12,19,21,24H,4-5,10-11,13H2/t19-/m1/s1. The van der Waals surface area contributed by atoms with Crippen LogP contribution in [0.25, 0.3) is 0 Å². The van der Waals surface area contributed by atoms with Gasteiger partial charge >= 0.3 is 0 Å². The van der Waals surface area contributed by atoms with E-state index in [0.29, 0.717) is 10.6 Å². The fourth-order valence-corrected chi connectivity index (χ4v) is 3.17. The molecule has 1 amide bonds. The minimum absolute atomic E-state index is 0.0857. The van der Waals surface area contributed by atoms with Gasteiger partial charge < -0.3 is 15.3 Å². The Morgan fingerprint density at radius 1 is 1.17 bits per heavy atom. The van der Waals surface area contributed by atoms with Crippen molar-refractivity contribution in [2.45, 2.75) is 18.9 Å². The molecule has 5 heteroatoms. The van der Waals surface area contributed by atoms with Crippen LogP contribution < -0.4 is 5.32 Å². The maximum atomic E-state index is 12.2. The number of halogens is 1. The van der Waals surface area contributed by atoms with Gasteiger partial charge in [-0.1, -0.05) is 41.9 Å². The maximum Gasteiger partial charge on any atom is 0.241 e. The summed E-state index contributed by atoms with van der Waals surface area (Å²) in [6.45, 7) is 1.89. The summed E-state index contributed by atoms with van der Waals surface area (Å²) in [6.07, 6.45) is 1.35. The molecule has 3 rings (SSSR count). The van der Waals surface area contributed by atoms with Crippen molar-refractivity contribution in [2.75, 3.05) is 25.0 Å². The van der Waals surface area contributed by atoms with Gasteiger partial charge in [-0.3, -0.25) is 4.79 Å². The lowest BCUT2D eigenvalue weighted by Crippen LogP contribution is -2.33. The van der Waals surface area contributed by atoms with E-state index >= 15 is 0 Å². The smallest absolute Gasteiger partial charge is 0.241 e. The molecular formula is C19H21ClN2O2. The molecule has 0 spiro atoms. The molecule has 126 valence electrons. The van der Waals surface area contributed by atoms with Gasteiger partial charge in [0.15, 0.2) is 0 Å². The van der Waals surface area contributed by atoms with Crippen LogP contribution in [0.1, 0.15) is 30.1 Å². The molecule has 1 fully saturated rings. The first-order valence-electron chi connectivity index (χ1n) is 8.19. The van der Waals surface area contributed by atoms with Gasteiger partial charge in [-0.2, -0.15) is 0 Å². The van der Waals surface area contributed by atoms with Crippen LogP contribution in [0.15, 0.2) is 48.5 Å². The first-order chi connectivity index (χ1) is 11.6. The lowest BCUT2D eigenvalue weighted by Gasteiger charge is -2.20. The van der Waals surface area contributed by atoms with Crippen molar-refractivity contribution in [3.63, 3.8) is 0 Å². The van der Waals surface area contributed by atoms with Crippen LogP contribution >= 0.6 is 11.6 Å². The molecule has 1 aliphatic heterocycles. The van der Waals surface area contributed by atoms with E-state index in [-0.39, 0.29) is 12.5 Å².